The molecule has 1 aromatic heterocycles. The molecule has 0 saturated heterocycles. The number of aromatic nitrogens is 2. The van der Waals surface area contributed by atoms with Crippen LogP contribution in [0.4, 0.5) is 0 Å². The van der Waals surface area contributed by atoms with Gasteiger partial charge in [0.05, 0.1) is 7.11 Å². The average Bonchev–Trinajstić information content (AvgIpc) is 2.67. The number of nitrogens with one attached hydrogen (secondary N) is 1. The van der Waals surface area contributed by atoms with Crippen molar-refractivity contribution in [3.8, 4) is 5.75 Å². The highest BCUT2D eigenvalue weighted by atomic mass is 32.1. The molecule has 0 aliphatic carbocycles. The molecule has 0 fully saturated rings. The van der Waals surface area contributed by atoms with E-state index in [9.17, 15) is 0 Å². The molecule has 1 N–H and O–H groups in total. The first-order valence-corrected chi connectivity index (χ1v) is 5.99. The van der Waals surface area contributed by atoms with Gasteiger partial charge in [0.15, 0.2) is 4.77 Å². The normalized spacial score (nSPS) is 10.5. The van der Waals surface area contributed by atoms with Crippen LogP contribution >= 0.6 is 12.2 Å². The van der Waals surface area contributed by atoms with Crippen LogP contribution in [-0.4, -0.2) is 16.7 Å². The van der Waals surface area contributed by atoms with Gasteiger partial charge in [-0.15, -0.1) is 0 Å². The van der Waals surface area contributed by atoms with Gasteiger partial charge in [-0.25, -0.2) is 0 Å². The van der Waals surface area contributed by atoms with E-state index in [0.717, 1.165) is 23.5 Å². The van der Waals surface area contributed by atoms with Crippen molar-refractivity contribution in [3.05, 3.63) is 46.5 Å². The van der Waals surface area contributed by atoms with Gasteiger partial charge in [0.2, 0.25) is 0 Å². The van der Waals surface area contributed by atoms with Crippen LogP contribution in [0.1, 0.15) is 11.3 Å². The maximum absolute atomic E-state index is 5.22. The zero-order valence-electron chi connectivity index (χ0n) is 10.1. The fourth-order valence-electron chi connectivity index (χ4n) is 1.79. The number of benzene rings is 1. The number of rotatable bonds is 4. The van der Waals surface area contributed by atoms with Crippen molar-refractivity contribution in [2.45, 2.75) is 19.9 Å². The van der Waals surface area contributed by atoms with Gasteiger partial charge in [0.1, 0.15) is 5.75 Å². The van der Waals surface area contributed by atoms with Gasteiger partial charge in [0, 0.05) is 18.4 Å². The summed E-state index contributed by atoms with van der Waals surface area (Å²) in [5.74, 6) is 0.892. The minimum atomic E-state index is 0.788. The second-order valence-corrected chi connectivity index (χ2v) is 4.37. The Hall–Kier alpha value is -1.55. The van der Waals surface area contributed by atoms with Gasteiger partial charge in [-0.1, -0.05) is 12.1 Å². The van der Waals surface area contributed by atoms with E-state index in [1.807, 2.05) is 18.3 Å². The zero-order valence-corrected chi connectivity index (χ0v) is 10.9. The fourth-order valence-corrected chi connectivity index (χ4v) is 2.09. The largest absolute Gasteiger partial charge is 0.497 e. The second kappa shape index (κ2) is 5.19. The molecule has 90 valence electrons. The molecule has 0 bridgehead atoms. The summed E-state index contributed by atoms with van der Waals surface area (Å²) in [6, 6.07) is 8.14. The third kappa shape index (κ3) is 2.77. The third-order valence-electron chi connectivity index (χ3n) is 2.86. The fraction of sp³-hybridized carbons (Fsp3) is 0.308. The van der Waals surface area contributed by atoms with Gasteiger partial charge in [-0.05, 0) is 43.3 Å². The van der Waals surface area contributed by atoms with E-state index in [1.165, 1.54) is 11.3 Å². The molecule has 4 heteroatoms. The van der Waals surface area contributed by atoms with Crippen LogP contribution < -0.4 is 4.74 Å². The lowest BCUT2D eigenvalue weighted by Gasteiger charge is -2.06. The molecule has 0 radical (unpaired) electrons. The van der Waals surface area contributed by atoms with Crippen molar-refractivity contribution in [1.29, 1.82) is 0 Å². The molecule has 0 unspecified atom stereocenters. The van der Waals surface area contributed by atoms with Gasteiger partial charge in [-0.2, -0.15) is 0 Å². The summed E-state index contributed by atoms with van der Waals surface area (Å²) < 4.78 is 8.03. The summed E-state index contributed by atoms with van der Waals surface area (Å²) in [6.45, 7) is 2.96. The molecule has 0 atom stereocenters. The summed E-state index contributed by atoms with van der Waals surface area (Å²) in [5, 5.41) is 0. The smallest absolute Gasteiger partial charge is 0.177 e. The number of nitrogens with zero attached hydrogens (tertiary/aromatic N) is 1. The first kappa shape index (κ1) is 11.9. The predicted octanol–water partition coefficient (Wildman–Crippen LogP) is 3.11. The van der Waals surface area contributed by atoms with Crippen molar-refractivity contribution in [2.24, 2.45) is 0 Å². The van der Waals surface area contributed by atoms with Crippen LogP contribution in [0, 0.1) is 11.7 Å². The highest BCUT2D eigenvalue weighted by molar-refractivity contribution is 7.71. The molecule has 2 rings (SSSR count). The van der Waals surface area contributed by atoms with Gasteiger partial charge in [-0.3, -0.25) is 0 Å². The molecule has 0 saturated carbocycles. The maximum atomic E-state index is 5.22. The Morgan fingerprint density at radius 3 is 2.53 bits per heavy atom. The Morgan fingerprint density at radius 1 is 1.29 bits per heavy atom. The van der Waals surface area contributed by atoms with E-state index in [0.29, 0.717) is 0 Å². The molecule has 2 aromatic rings. The Kier molecular flexibility index (Phi) is 3.64. The van der Waals surface area contributed by atoms with E-state index in [2.05, 4.69) is 28.6 Å². The minimum Gasteiger partial charge on any atom is -0.497 e. The monoisotopic (exact) mass is 248 g/mol. The molecule has 3 nitrogen and oxygen atoms in total. The van der Waals surface area contributed by atoms with E-state index >= 15 is 0 Å². The molecular weight excluding hydrogens is 232 g/mol. The number of aromatic amines is 1. The van der Waals surface area contributed by atoms with Gasteiger partial charge >= 0.3 is 0 Å². The van der Waals surface area contributed by atoms with Crippen molar-refractivity contribution < 1.29 is 4.74 Å². The lowest BCUT2D eigenvalue weighted by atomic mass is 10.1. The maximum Gasteiger partial charge on any atom is 0.177 e. The molecule has 1 aromatic carbocycles. The first-order valence-electron chi connectivity index (χ1n) is 5.58. The zero-order chi connectivity index (χ0) is 12.3. The number of hydrogen-bond donors (Lipinski definition) is 1. The summed E-state index contributed by atoms with van der Waals surface area (Å²) in [7, 11) is 1.68. The number of imidazole rings is 1. The van der Waals surface area contributed by atoms with E-state index in [4.69, 9.17) is 17.0 Å². The topological polar surface area (TPSA) is 29.9 Å². The van der Waals surface area contributed by atoms with E-state index in [1.54, 1.807) is 7.11 Å². The molecule has 0 aliphatic rings. The Labute approximate surface area is 106 Å². The number of H-pyrrole nitrogens is 1. The lowest BCUT2D eigenvalue weighted by Crippen LogP contribution is -2.03. The summed E-state index contributed by atoms with van der Waals surface area (Å²) >= 11 is 5.22. The minimum absolute atomic E-state index is 0.788. The predicted molar refractivity (Wildman–Crippen MR) is 71.1 cm³/mol. The standard InChI is InChI=1S/C13H16N2OS/c1-10-9-14-13(17)15(10)8-7-11-3-5-12(16-2)6-4-11/h3-6,9H,7-8H2,1-2H3,(H,14,17). The SMILES string of the molecule is COc1ccc(CCn2c(C)c[nH]c2=S)cc1. The summed E-state index contributed by atoms with van der Waals surface area (Å²) in [6.07, 6.45) is 2.91. The number of aryl methyl sites for hydroxylation is 2. The Bertz CT molecular complexity index is 539. The van der Waals surface area contributed by atoms with E-state index < -0.39 is 0 Å². The van der Waals surface area contributed by atoms with Gasteiger partial charge in [0.25, 0.3) is 0 Å². The molecule has 0 amide bonds. The van der Waals surface area contributed by atoms with Crippen LogP contribution in [0.15, 0.2) is 30.5 Å². The van der Waals surface area contributed by atoms with Crippen molar-refractivity contribution >= 4 is 12.2 Å². The van der Waals surface area contributed by atoms with Crippen LogP contribution in [0.3, 0.4) is 0 Å². The van der Waals surface area contributed by atoms with Gasteiger partial charge < -0.3 is 14.3 Å². The number of ether oxygens (including phenoxy) is 1. The third-order valence-corrected chi connectivity index (χ3v) is 3.20. The van der Waals surface area contributed by atoms with Crippen molar-refractivity contribution in [3.63, 3.8) is 0 Å². The molecular formula is C13H16N2OS. The second-order valence-electron chi connectivity index (χ2n) is 3.98. The summed E-state index contributed by atoms with van der Waals surface area (Å²) in [4.78, 5) is 3.05. The highest BCUT2D eigenvalue weighted by Crippen LogP contribution is 2.12. The molecule has 1 heterocycles. The number of methoxy groups -OCH3 is 1. The molecule has 0 spiro atoms. The van der Waals surface area contributed by atoms with Crippen LogP contribution in [-0.2, 0) is 13.0 Å². The van der Waals surface area contributed by atoms with Crippen LogP contribution in [0.5, 0.6) is 5.75 Å². The molecule has 17 heavy (non-hydrogen) atoms. The Balaban J connectivity index is 2.05. The molecule has 0 aliphatic heterocycles. The average molecular weight is 248 g/mol. The Morgan fingerprint density at radius 2 is 2.00 bits per heavy atom. The lowest BCUT2D eigenvalue weighted by molar-refractivity contribution is 0.414. The van der Waals surface area contributed by atoms with Crippen molar-refractivity contribution in [2.75, 3.05) is 7.11 Å². The van der Waals surface area contributed by atoms with Crippen molar-refractivity contribution in [1.82, 2.24) is 9.55 Å². The number of hydrogen-bond acceptors (Lipinski definition) is 2. The van der Waals surface area contributed by atoms with E-state index in [-0.39, 0.29) is 0 Å². The summed E-state index contributed by atoms with van der Waals surface area (Å²) in [5.41, 5.74) is 2.46. The van der Waals surface area contributed by atoms with Crippen LogP contribution in [0.2, 0.25) is 0 Å². The van der Waals surface area contributed by atoms with Crippen LogP contribution in [0.25, 0.3) is 0 Å². The quantitative estimate of drug-likeness (QED) is 0.843. The first-order chi connectivity index (χ1) is 8.20. The highest BCUT2D eigenvalue weighted by Gasteiger charge is 2.00.